The van der Waals surface area contributed by atoms with Crippen molar-refractivity contribution in [1.82, 2.24) is 0 Å². The van der Waals surface area contributed by atoms with E-state index < -0.39 is 16.6 Å². The average Bonchev–Trinajstić information content (AvgIpc) is 2.85. The van der Waals surface area contributed by atoms with E-state index in [1.54, 1.807) is 7.11 Å². The van der Waals surface area contributed by atoms with Crippen LogP contribution < -0.4 is 14.2 Å². The maximum Gasteiger partial charge on any atom is 0.173 e. The minimum atomic E-state index is -1.80. The fraction of sp³-hybridized carbons (Fsp3) is 0.571. The van der Waals surface area contributed by atoms with Crippen LogP contribution in [0.25, 0.3) is 0 Å². The normalized spacial score (nSPS) is 12.0. The highest BCUT2D eigenvalue weighted by Crippen LogP contribution is 2.30. The topological polar surface area (TPSA) is 97.6 Å². The molecule has 0 heterocycles. The molecule has 0 saturated carbocycles. The molecule has 7 nitrogen and oxygen atoms in total. The number of benzene rings is 2. The van der Waals surface area contributed by atoms with Gasteiger partial charge in [0.15, 0.2) is 28.1 Å². The Bertz CT molecular complexity index is 875. The predicted molar refractivity (Wildman–Crippen MR) is 153 cm³/mol. The molecule has 2 rings (SSSR count). The molecule has 0 radical (unpaired) electrons. The third kappa shape index (κ3) is 11.2. The maximum atomic E-state index is 9.67. The van der Waals surface area contributed by atoms with Crippen LogP contribution in [0.2, 0.25) is 38.3 Å². The molecule has 2 aromatic rings. The van der Waals surface area contributed by atoms with Gasteiger partial charge >= 0.3 is 0 Å². The average molecular weight is 551 g/mol. The Morgan fingerprint density at radius 3 is 1.70 bits per heavy atom. The monoisotopic (exact) mass is 550 g/mol. The first kappa shape index (κ1) is 31.3. The molecule has 37 heavy (non-hydrogen) atoms. The van der Waals surface area contributed by atoms with Crippen LogP contribution in [-0.2, 0) is 23.6 Å². The van der Waals surface area contributed by atoms with E-state index in [1.165, 1.54) is 11.1 Å². The highest BCUT2D eigenvalue weighted by molar-refractivity contribution is 6.84. The number of ether oxygens (including phenoxy) is 3. The van der Waals surface area contributed by atoms with Crippen LogP contribution in [0.15, 0.2) is 36.4 Å². The summed E-state index contributed by atoms with van der Waals surface area (Å²) in [6.45, 7) is 9.63. The molecule has 0 spiro atoms. The predicted octanol–water partition coefficient (Wildman–Crippen LogP) is 4.92. The van der Waals surface area contributed by atoms with Crippen LogP contribution in [0.1, 0.15) is 29.5 Å². The lowest BCUT2D eigenvalue weighted by Gasteiger charge is -2.34. The summed E-state index contributed by atoms with van der Waals surface area (Å²) < 4.78 is 23.3. The maximum absolute atomic E-state index is 9.67. The number of rotatable bonds is 18. The highest BCUT2D eigenvalue weighted by Gasteiger charge is 2.32. The molecule has 0 amide bonds. The lowest BCUT2D eigenvalue weighted by molar-refractivity contribution is 0.195. The highest BCUT2D eigenvalue weighted by atomic mass is 28.4. The van der Waals surface area contributed by atoms with Gasteiger partial charge in [-0.05, 0) is 99.4 Å². The van der Waals surface area contributed by atoms with Crippen molar-refractivity contribution in [2.45, 2.75) is 70.6 Å². The first-order valence-corrected chi connectivity index (χ1v) is 19.4. The van der Waals surface area contributed by atoms with Gasteiger partial charge in [-0.25, -0.2) is 0 Å². The van der Waals surface area contributed by atoms with Crippen molar-refractivity contribution in [3.8, 4) is 17.2 Å². The van der Waals surface area contributed by atoms with E-state index in [4.69, 9.17) is 28.5 Å². The van der Waals surface area contributed by atoms with Gasteiger partial charge in [0, 0.05) is 5.56 Å². The molecule has 0 fully saturated rings. The summed E-state index contributed by atoms with van der Waals surface area (Å²) in [5, 5.41) is 27.6. The van der Waals surface area contributed by atoms with Crippen molar-refractivity contribution in [2.24, 2.45) is 0 Å². The molecule has 0 aliphatic rings. The molecule has 3 N–H and O–H groups in total. The summed E-state index contributed by atoms with van der Waals surface area (Å²) in [6.07, 6.45) is 4.02. The molecule has 208 valence electrons. The summed E-state index contributed by atoms with van der Waals surface area (Å²) >= 11 is 0. The van der Waals surface area contributed by atoms with E-state index in [1.807, 2.05) is 30.3 Å². The molecular formula is C28H46O7Si2. The smallest absolute Gasteiger partial charge is 0.173 e. The van der Waals surface area contributed by atoms with Crippen molar-refractivity contribution in [3.05, 3.63) is 53.1 Å². The third-order valence-corrected chi connectivity index (χ3v) is 13.8. The molecule has 0 bridgehead atoms. The first-order chi connectivity index (χ1) is 17.6. The zero-order valence-corrected chi connectivity index (χ0v) is 25.2. The van der Waals surface area contributed by atoms with Gasteiger partial charge in [-0.15, -0.1) is 0 Å². The van der Waals surface area contributed by atoms with E-state index >= 15 is 0 Å². The number of hydrogen-bond acceptors (Lipinski definition) is 7. The van der Waals surface area contributed by atoms with Crippen molar-refractivity contribution >= 4 is 16.6 Å². The van der Waals surface area contributed by atoms with Gasteiger partial charge in [-0.3, -0.25) is 0 Å². The van der Waals surface area contributed by atoms with E-state index in [9.17, 15) is 5.11 Å². The standard InChI is InChI=1S/C28H46O7Si2/c1-32-28-21-24(11-13-27(28)34-17-15-30)9-7-19-37(4,5)35-36(2,3)18-6-8-23-10-12-26(33-16-14-29)25(20-23)22-31/h10-13,20-21,29-31H,6-9,14-19,22H2,1-5H3. The van der Waals surface area contributed by atoms with Gasteiger partial charge < -0.3 is 33.6 Å². The molecule has 0 aromatic heterocycles. The Balaban J connectivity index is 1.82. The van der Waals surface area contributed by atoms with Gasteiger partial charge in [-0.1, -0.05) is 12.1 Å². The minimum absolute atomic E-state index is 0.0242. The van der Waals surface area contributed by atoms with Gasteiger partial charge in [0.2, 0.25) is 0 Å². The van der Waals surface area contributed by atoms with Crippen LogP contribution in [0.3, 0.4) is 0 Å². The molecule has 0 aliphatic carbocycles. The van der Waals surface area contributed by atoms with E-state index in [0.717, 1.165) is 43.3 Å². The summed E-state index contributed by atoms with van der Waals surface area (Å²) in [7, 11) is -1.97. The number of aliphatic hydroxyl groups is 3. The minimum Gasteiger partial charge on any atom is -0.493 e. The fourth-order valence-corrected chi connectivity index (χ4v) is 13.5. The van der Waals surface area contributed by atoms with Crippen molar-refractivity contribution in [3.63, 3.8) is 0 Å². The van der Waals surface area contributed by atoms with E-state index in [2.05, 4.69) is 32.3 Å². The van der Waals surface area contributed by atoms with Crippen LogP contribution in [-0.4, -0.2) is 65.5 Å². The van der Waals surface area contributed by atoms with Crippen LogP contribution in [0, 0.1) is 0 Å². The van der Waals surface area contributed by atoms with Gasteiger partial charge in [0.05, 0.1) is 26.9 Å². The lowest BCUT2D eigenvalue weighted by Crippen LogP contribution is -2.44. The van der Waals surface area contributed by atoms with Gasteiger partial charge in [-0.2, -0.15) is 0 Å². The SMILES string of the molecule is COc1cc(CCC[Si](C)(C)O[Si](C)(C)CCCc2ccc(OCCO)c(CO)c2)ccc1OCCO. The Kier molecular flexibility index (Phi) is 13.1. The zero-order valence-electron chi connectivity index (χ0n) is 23.2. The first-order valence-electron chi connectivity index (χ1n) is 13.2. The largest absolute Gasteiger partial charge is 0.493 e. The second kappa shape index (κ2) is 15.5. The number of methoxy groups -OCH3 is 1. The van der Waals surface area contributed by atoms with Crippen molar-refractivity contribution in [1.29, 1.82) is 0 Å². The molecular weight excluding hydrogens is 504 g/mol. The summed E-state index contributed by atoms with van der Waals surface area (Å²) in [6, 6.07) is 14.1. The number of aryl methyl sites for hydroxylation is 2. The summed E-state index contributed by atoms with van der Waals surface area (Å²) in [4.78, 5) is 0. The van der Waals surface area contributed by atoms with Crippen molar-refractivity contribution in [2.75, 3.05) is 33.5 Å². The number of hydrogen-bond donors (Lipinski definition) is 3. The van der Waals surface area contributed by atoms with E-state index in [0.29, 0.717) is 17.2 Å². The van der Waals surface area contributed by atoms with Gasteiger partial charge in [0.1, 0.15) is 19.0 Å². The zero-order chi connectivity index (χ0) is 27.3. The molecule has 9 heteroatoms. The second-order valence-corrected chi connectivity index (χ2v) is 19.4. The summed E-state index contributed by atoms with van der Waals surface area (Å²) in [5.41, 5.74) is 3.16. The Labute approximate surface area is 224 Å². The second-order valence-electron chi connectivity index (χ2n) is 10.6. The Morgan fingerprint density at radius 1 is 0.676 bits per heavy atom. The van der Waals surface area contributed by atoms with Gasteiger partial charge in [0.25, 0.3) is 0 Å². The number of aliphatic hydroxyl groups excluding tert-OH is 3. The molecule has 0 saturated heterocycles. The quantitative estimate of drug-likeness (QED) is 0.227. The molecule has 0 aliphatic heterocycles. The lowest BCUT2D eigenvalue weighted by atomic mass is 10.1. The van der Waals surface area contributed by atoms with Crippen LogP contribution in [0.4, 0.5) is 0 Å². The van der Waals surface area contributed by atoms with Crippen LogP contribution >= 0.6 is 0 Å². The molecule has 0 unspecified atom stereocenters. The summed E-state index contributed by atoms with van der Waals surface area (Å²) in [5.74, 6) is 1.99. The van der Waals surface area contributed by atoms with Crippen LogP contribution in [0.5, 0.6) is 17.2 Å². The fourth-order valence-electron chi connectivity index (χ4n) is 4.64. The third-order valence-electron chi connectivity index (χ3n) is 6.26. The van der Waals surface area contributed by atoms with Crippen molar-refractivity contribution < 1.29 is 33.6 Å². The Morgan fingerprint density at radius 2 is 1.19 bits per heavy atom. The molecule has 0 atom stereocenters. The Hall–Kier alpha value is -1.89. The van der Waals surface area contributed by atoms with E-state index in [-0.39, 0.29) is 33.0 Å². The molecule has 2 aromatic carbocycles.